The Labute approximate surface area is 67.7 Å². The second kappa shape index (κ2) is 2.63. The second-order valence-corrected chi connectivity index (χ2v) is 2.90. The Hall–Kier alpha value is -0.750. The molecule has 4 N–H and O–H groups in total. The van der Waals surface area contributed by atoms with E-state index >= 15 is 0 Å². The van der Waals surface area contributed by atoms with Gasteiger partial charge in [-0.15, -0.1) is 0 Å². The van der Waals surface area contributed by atoms with Gasteiger partial charge < -0.3 is 16.2 Å². The number of hydrogen-bond donors (Lipinski definition) is 3. The molecule has 0 spiro atoms. The number of primary amides is 1. The first-order valence-electron chi connectivity index (χ1n) is 3.51. The van der Waals surface area contributed by atoms with Crippen molar-refractivity contribution in [1.29, 1.82) is 0 Å². The number of aliphatic hydroxyl groups is 1. The Morgan fingerprint density at radius 3 is 2.58 bits per heavy atom. The summed E-state index contributed by atoms with van der Waals surface area (Å²) in [6, 6.07) is 0. The molecule has 0 aromatic rings. The SMILES string of the molecule is NC(=O)C(F)(F)C1(O)CCNC1. The summed E-state index contributed by atoms with van der Waals surface area (Å²) in [5.41, 5.74) is 2.15. The molecule has 0 bridgehead atoms. The highest BCUT2D eigenvalue weighted by molar-refractivity contribution is 5.83. The summed E-state index contributed by atoms with van der Waals surface area (Å²) in [4.78, 5) is 10.3. The average Bonchev–Trinajstić information content (AvgIpc) is 2.37. The summed E-state index contributed by atoms with van der Waals surface area (Å²) in [6.07, 6.45) is -0.164. The van der Waals surface area contributed by atoms with Gasteiger partial charge in [0.15, 0.2) is 5.60 Å². The van der Waals surface area contributed by atoms with Crippen LogP contribution in [0.4, 0.5) is 8.78 Å². The number of β-amino-alcohol motifs (C(OH)–C–C–N with tert-alkyl or cyclic N) is 1. The van der Waals surface area contributed by atoms with Crippen LogP contribution in [-0.4, -0.2) is 35.6 Å². The third-order valence-electron chi connectivity index (χ3n) is 2.03. The third-order valence-corrected chi connectivity index (χ3v) is 2.03. The topological polar surface area (TPSA) is 75.4 Å². The lowest BCUT2D eigenvalue weighted by atomic mass is 9.94. The number of carbonyl (C=O) groups is 1. The molecule has 70 valence electrons. The molecule has 1 aliphatic heterocycles. The lowest BCUT2D eigenvalue weighted by Crippen LogP contribution is -2.57. The molecule has 4 nitrogen and oxygen atoms in total. The standard InChI is InChI=1S/C6H10F2N2O2/c7-6(8,4(9)11)5(12)1-2-10-3-5/h10,12H,1-3H2,(H2,9,11). The van der Waals surface area contributed by atoms with Gasteiger partial charge in [0.25, 0.3) is 5.91 Å². The smallest absolute Gasteiger partial charge is 0.353 e. The summed E-state index contributed by atoms with van der Waals surface area (Å²) < 4.78 is 25.7. The number of nitrogens with two attached hydrogens (primary N) is 1. The number of hydrogen-bond acceptors (Lipinski definition) is 3. The maximum atomic E-state index is 12.9. The van der Waals surface area contributed by atoms with E-state index in [4.69, 9.17) is 0 Å². The van der Waals surface area contributed by atoms with E-state index in [-0.39, 0.29) is 19.5 Å². The van der Waals surface area contributed by atoms with Gasteiger partial charge >= 0.3 is 5.92 Å². The van der Waals surface area contributed by atoms with E-state index in [1.807, 2.05) is 0 Å². The molecule has 1 atom stereocenters. The molecule has 0 aromatic carbocycles. The van der Waals surface area contributed by atoms with Crippen molar-refractivity contribution in [2.24, 2.45) is 5.73 Å². The zero-order chi connectivity index (χ0) is 9.41. The fraction of sp³-hybridized carbons (Fsp3) is 0.833. The van der Waals surface area contributed by atoms with Crippen LogP contribution in [0.2, 0.25) is 0 Å². The van der Waals surface area contributed by atoms with E-state index in [2.05, 4.69) is 11.1 Å². The largest absolute Gasteiger partial charge is 0.382 e. The van der Waals surface area contributed by atoms with Crippen LogP contribution < -0.4 is 11.1 Å². The number of halogens is 2. The summed E-state index contributed by atoms with van der Waals surface area (Å²) in [5, 5.41) is 11.8. The van der Waals surface area contributed by atoms with Crippen molar-refractivity contribution in [3.8, 4) is 0 Å². The number of carbonyl (C=O) groups excluding carboxylic acids is 1. The number of rotatable bonds is 2. The van der Waals surface area contributed by atoms with E-state index in [0.717, 1.165) is 0 Å². The Morgan fingerprint density at radius 2 is 2.25 bits per heavy atom. The van der Waals surface area contributed by atoms with Crippen molar-refractivity contribution in [2.75, 3.05) is 13.1 Å². The van der Waals surface area contributed by atoms with Crippen LogP contribution in [0.5, 0.6) is 0 Å². The van der Waals surface area contributed by atoms with Gasteiger partial charge in [-0.3, -0.25) is 4.79 Å². The van der Waals surface area contributed by atoms with Crippen LogP contribution >= 0.6 is 0 Å². The fourth-order valence-corrected chi connectivity index (χ4v) is 1.18. The molecule has 0 aromatic heterocycles. The predicted molar refractivity (Wildman–Crippen MR) is 36.6 cm³/mol. The lowest BCUT2D eigenvalue weighted by molar-refractivity contribution is -0.183. The minimum absolute atomic E-state index is 0.164. The molecule has 1 unspecified atom stereocenters. The number of nitrogens with one attached hydrogen (secondary N) is 1. The van der Waals surface area contributed by atoms with Crippen molar-refractivity contribution in [3.05, 3.63) is 0 Å². The highest BCUT2D eigenvalue weighted by atomic mass is 19.3. The van der Waals surface area contributed by atoms with Crippen molar-refractivity contribution < 1.29 is 18.7 Å². The van der Waals surface area contributed by atoms with E-state index in [0.29, 0.717) is 0 Å². The van der Waals surface area contributed by atoms with Crippen LogP contribution in [0.1, 0.15) is 6.42 Å². The van der Waals surface area contributed by atoms with E-state index in [9.17, 15) is 18.7 Å². The molecule has 1 fully saturated rings. The monoisotopic (exact) mass is 180 g/mol. The zero-order valence-electron chi connectivity index (χ0n) is 6.31. The maximum absolute atomic E-state index is 12.9. The molecule has 0 aliphatic carbocycles. The third kappa shape index (κ3) is 1.16. The molecular formula is C6H10F2N2O2. The van der Waals surface area contributed by atoms with Crippen molar-refractivity contribution in [3.63, 3.8) is 0 Å². The molecular weight excluding hydrogens is 170 g/mol. The Kier molecular flexibility index (Phi) is 2.05. The van der Waals surface area contributed by atoms with Crippen LogP contribution in [-0.2, 0) is 4.79 Å². The predicted octanol–water partition coefficient (Wildman–Crippen LogP) is -1.17. The molecule has 1 heterocycles. The first kappa shape index (κ1) is 9.34. The van der Waals surface area contributed by atoms with Crippen LogP contribution in [0, 0.1) is 0 Å². The summed E-state index contributed by atoms with van der Waals surface area (Å²) in [5.74, 6) is -5.63. The minimum Gasteiger partial charge on any atom is -0.382 e. The zero-order valence-corrected chi connectivity index (χ0v) is 6.31. The first-order chi connectivity index (χ1) is 5.40. The van der Waals surface area contributed by atoms with Gasteiger partial charge in [-0.2, -0.15) is 8.78 Å². The van der Waals surface area contributed by atoms with Gasteiger partial charge in [-0.1, -0.05) is 0 Å². The molecule has 1 aliphatic rings. The van der Waals surface area contributed by atoms with E-state index in [1.54, 1.807) is 0 Å². The maximum Gasteiger partial charge on any atom is 0.353 e. The van der Waals surface area contributed by atoms with Gasteiger partial charge in [0.05, 0.1) is 0 Å². The van der Waals surface area contributed by atoms with E-state index in [1.165, 1.54) is 0 Å². The molecule has 1 rings (SSSR count). The van der Waals surface area contributed by atoms with Crippen molar-refractivity contribution >= 4 is 5.91 Å². The van der Waals surface area contributed by atoms with E-state index < -0.39 is 17.4 Å². The van der Waals surface area contributed by atoms with Gasteiger partial charge in [-0.05, 0) is 13.0 Å². The van der Waals surface area contributed by atoms with Crippen LogP contribution in [0.25, 0.3) is 0 Å². The lowest BCUT2D eigenvalue weighted by Gasteiger charge is -2.28. The molecule has 0 radical (unpaired) electrons. The van der Waals surface area contributed by atoms with Crippen molar-refractivity contribution in [1.82, 2.24) is 5.32 Å². The molecule has 1 amide bonds. The van der Waals surface area contributed by atoms with Crippen molar-refractivity contribution in [2.45, 2.75) is 17.9 Å². The Morgan fingerprint density at radius 1 is 1.67 bits per heavy atom. The van der Waals surface area contributed by atoms with Gasteiger partial charge in [-0.25, -0.2) is 0 Å². The van der Waals surface area contributed by atoms with Crippen LogP contribution in [0.3, 0.4) is 0 Å². The molecule has 6 heteroatoms. The highest BCUT2D eigenvalue weighted by Gasteiger charge is 2.58. The molecule has 0 saturated carbocycles. The summed E-state index contributed by atoms with van der Waals surface area (Å²) >= 11 is 0. The van der Waals surface area contributed by atoms with Gasteiger partial charge in [0.1, 0.15) is 0 Å². The van der Waals surface area contributed by atoms with Crippen LogP contribution in [0.15, 0.2) is 0 Å². The highest BCUT2D eigenvalue weighted by Crippen LogP contribution is 2.33. The normalized spacial score (nSPS) is 30.6. The summed E-state index contributed by atoms with van der Waals surface area (Å²) in [7, 11) is 0. The average molecular weight is 180 g/mol. The van der Waals surface area contributed by atoms with Gasteiger partial charge in [0.2, 0.25) is 0 Å². The number of amides is 1. The Balaban J connectivity index is 2.85. The minimum atomic E-state index is -3.85. The van der Waals surface area contributed by atoms with Gasteiger partial charge in [0, 0.05) is 6.54 Å². The molecule has 1 saturated heterocycles. The number of alkyl halides is 2. The fourth-order valence-electron chi connectivity index (χ4n) is 1.18. The quantitative estimate of drug-likeness (QED) is 0.501. The summed E-state index contributed by atoms with van der Waals surface area (Å²) in [6.45, 7) is -0.0394. The second-order valence-electron chi connectivity index (χ2n) is 2.90. The Bertz CT molecular complexity index is 202. The first-order valence-corrected chi connectivity index (χ1v) is 3.51. The molecule has 12 heavy (non-hydrogen) atoms.